The predicted octanol–water partition coefficient (Wildman–Crippen LogP) is 4.96. The molecule has 0 radical (unpaired) electrons. The summed E-state index contributed by atoms with van der Waals surface area (Å²) in [6.07, 6.45) is 1.66. The van der Waals surface area contributed by atoms with Gasteiger partial charge < -0.3 is 14.7 Å². The Bertz CT molecular complexity index is 1010. The lowest BCUT2D eigenvalue weighted by Crippen LogP contribution is -2.36. The van der Waals surface area contributed by atoms with Crippen LogP contribution in [0.2, 0.25) is 10.0 Å². The van der Waals surface area contributed by atoms with Gasteiger partial charge in [-0.25, -0.2) is 0 Å². The number of ketones is 1. The van der Waals surface area contributed by atoms with E-state index < -0.39 is 17.7 Å². The molecule has 1 aromatic heterocycles. The Morgan fingerprint density at radius 1 is 1.28 bits per heavy atom. The number of carbonyl (C=O) groups is 2. The van der Waals surface area contributed by atoms with Crippen LogP contribution in [0.3, 0.4) is 0 Å². The van der Waals surface area contributed by atoms with E-state index >= 15 is 0 Å². The Morgan fingerprint density at radius 3 is 2.69 bits per heavy atom. The third-order valence-corrected chi connectivity index (χ3v) is 7.12. The molecule has 2 saturated heterocycles. The fourth-order valence-corrected chi connectivity index (χ4v) is 5.16. The molecule has 0 spiro atoms. The Kier molecular flexibility index (Phi) is 5.71. The number of halogens is 2. The smallest absolute Gasteiger partial charge is 0.295 e. The molecule has 2 aromatic rings. The van der Waals surface area contributed by atoms with Gasteiger partial charge in [-0.3, -0.25) is 9.59 Å². The molecule has 1 aromatic carbocycles. The van der Waals surface area contributed by atoms with Gasteiger partial charge >= 0.3 is 0 Å². The molecule has 1 amide bonds. The number of likely N-dealkylation sites (tertiary alicyclic amines) is 1. The number of nitrogens with zero attached hydrogens (tertiary/aromatic N) is 1. The summed E-state index contributed by atoms with van der Waals surface area (Å²) in [5.74, 6) is -1.58. The van der Waals surface area contributed by atoms with Gasteiger partial charge in [0.05, 0.1) is 27.8 Å². The molecule has 0 aliphatic carbocycles. The van der Waals surface area contributed by atoms with Gasteiger partial charge in [-0.1, -0.05) is 23.2 Å². The molecule has 2 unspecified atom stereocenters. The maximum absolute atomic E-state index is 13.0. The standard InChI is InChI=1S/C21H19Cl2NO4S/c1-11-6-8-29-20(11)17-16(18(25)12-4-5-14(22)15(23)9-12)19(26)21(27)24(17)10-13-3-2-7-28-13/h4-6,8-9,13,17,25H,2-3,7,10H2,1H3/b18-16-. The average molecular weight is 452 g/mol. The van der Waals surface area contributed by atoms with Crippen molar-refractivity contribution in [3.8, 4) is 0 Å². The molecule has 5 nitrogen and oxygen atoms in total. The summed E-state index contributed by atoms with van der Waals surface area (Å²) in [5, 5.41) is 13.5. The minimum absolute atomic E-state index is 0.0666. The Labute approximate surface area is 182 Å². The van der Waals surface area contributed by atoms with Crippen molar-refractivity contribution < 1.29 is 19.4 Å². The molecule has 2 aliphatic heterocycles. The van der Waals surface area contributed by atoms with Crippen molar-refractivity contribution in [1.82, 2.24) is 4.90 Å². The van der Waals surface area contributed by atoms with Crippen molar-refractivity contribution in [3.63, 3.8) is 0 Å². The monoisotopic (exact) mass is 451 g/mol. The number of carbonyl (C=O) groups excluding carboxylic acids is 2. The van der Waals surface area contributed by atoms with Gasteiger partial charge in [-0.05, 0) is 55.0 Å². The van der Waals surface area contributed by atoms with Crippen LogP contribution in [0.25, 0.3) is 5.76 Å². The van der Waals surface area contributed by atoms with Crippen LogP contribution in [0.1, 0.15) is 34.9 Å². The van der Waals surface area contributed by atoms with Crippen molar-refractivity contribution in [3.05, 3.63) is 61.3 Å². The number of aryl methyl sites for hydroxylation is 1. The normalized spacial score (nSPS) is 23.9. The SMILES string of the molecule is Cc1ccsc1C1/C(=C(/O)c2ccc(Cl)c(Cl)c2)C(=O)C(=O)N1CC1CCCO1. The first-order valence-electron chi connectivity index (χ1n) is 9.28. The van der Waals surface area contributed by atoms with E-state index in [0.717, 1.165) is 23.3 Å². The second-order valence-corrected chi connectivity index (χ2v) is 8.95. The molecule has 0 bridgehead atoms. The Morgan fingerprint density at radius 2 is 2.07 bits per heavy atom. The number of rotatable bonds is 4. The second-order valence-electron chi connectivity index (χ2n) is 7.18. The fourth-order valence-electron chi connectivity index (χ4n) is 3.81. The molecular formula is C21H19Cl2NO4S. The van der Waals surface area contributed by atoms with E-state index in [9.17, 15) is 14.7 Å². The maximum atomic E-state index is 13.0. The van der Waals surface area contributed by atoms with E-state index in [1.54, 1.807) is 12.1 Å². The highest BCUT2D eigenvalue weighted by Crippen LogP contribution is 2.43. The number of aliphatic hydroxyl groups excluding tert-OH is 1. The summed E-state index contributed by atoms with van der Waals surface area (Å²) in [7, 11) is 0. The number of amides is 1. The van der Waals surface area contributed by atoms with E-state index in [1.807, 2.05) is 18.4 Å². The molecule has 2 fully saturated rings. The third kappa shape index (κ3) is 3.70. The van der Waals surface area contributed by atoms with Gasteiger partial charge in [0.15, 0.2) is 0 Å². The lowest BCUT2D eigenvalue weighted by atomic mass is 9.98. The molecule has 3 heterocycles. The van der Waals surface area contributed by atoms with Gasteiger partial charge in [-0.15, -0.1) is 11.3 Å². The van der Waals surface area contributed by atoms with E-state index in [2.05, 4.69) is 0 Å². The summed E-state index contributed by atoms with van der Waals surface area (Å²) >= 11 is 13.5. The highest BCUT2D eigenvalue weighted by molar-refractivity contribution is 7.10. The van der Waals surface area contributed by atoms with Crippen LogP contribution >= 0.6 is 34.5 Å². The maximum Gasteiger partial charge on any atom is 0.295 e. The zero-order valence-electron chi connectivity index (χ0n) is 15.7. The van der Waals surface area contributed by atoms with Crippen LogP contribution in [0.4, 0.5) is 0 Å². The third-order valence-electron chi connectivity index (χ3n) is 5.31. The van der Waals surface area contributed by atoms with Crippen molar-refractivity contribution >= 4 is 52.0 Å². The lowest BCUT2D eigenvalue weighted by molar-refractivity contribution is -0.140. The first-order valence-corrected chi connectivity index (χ1v) is 10.9. The largest absolute Gasteiger partial charge is 0.507 e. The molecule has 2 atom stereocenters. The first-order chi connectivity index (χ1) is 13.9. The van der Waals surface area contributed by atoms with Crippen LogP contribution in [0.5, 0.6) is 0 Å². The summed E-state index contributed by atoms with van der Waals surface area (Å²) in [4.78, 5) is 28.3. The number of hydrogen-bond acceptors (Lipinski definition) is 5. The highest BCUT2D eigenvalue weighted by Gasteiger charge is 2.47. The number of ether oxygens (including phenoxy) is 1. The first kappa shape index (κ1) is 20.4. The lowest BCUT2D eigenvalue weighted by Gasteiger charge is -2.27. The molecule has 0 saturated carbocycles. The van der Waals surface area contributed by atoms with Crippen LogP contribution in [0.15, 0.2) is 35.2 Å². The van der Waals surface area contributed by atoms with Gasteiger partial charge in [-0.2, -0.15) is 0 Å². The highest BCUT2D eigenvalue weighted by atomic mass is 35.5. The van der Waals surface area contributed by atoms with Gasteiger partial charge in [0, 0.05) is 23.6 Å². The number of thiophene rings is 1. The van der Waals surface area contributed by atoms with Gasteiger partial charge in [0.1, 0.15) is 5.76 Å². The number of Topliss-reactive ketones (excluding diaryl/α,β-unsaturated/α-hetero) is 1. The van der Waals surface area contributed by atoms with E-state index in [0.29, 0.717) is 23.7 Å². The van der Waals surface area contributed by atoms with Gasteiger partial charge in [0.2, 0.25) is 0 Å². The van der Waals surface area contributed by atoms with E-state index in [1.165, 1.54) is 22.3 Å². The summed E-state index contributed by atoms with van der Waals surface area (Å²) < 4.78 is 5.69. The minimum Gasteiger partial charge on any atom is -0.507 e. The van der Waals surface area contributed by atoms with Crippen molar-refractivity contribution in [1.29, 1.82) is 0 Å². The predicted molar refractivity (Wildman–Crippen MR) is 114 cm³/mol. The molecule has 29 heavy (non-hydrogen) atoms. The molecule has 2 aliphatic rings. The molecule has 8 heteroatoms. The average Bonchev–Trinajstić information content (AvgIpc) is 3.41. The molecule has 4 rings (SSSR count). The minimum atomic E-state index is -0.704. The molecule has 152 valence electrons. The summed E-state index contributed by atoms with van der Waals surface area (Å²) in [6.45, 7) is 2.89. The quantitative estimate of drug-likeness (QED) is 0.405. The van der Waals surface area contributed by atoms with E-state index in [4.69, 9.17) is 27.9 Å². The summed E-state index contributed by atoms with van der Waals surface area (Å²) in [5.41, 5.74) is 1.37. The Balaban J connectivity index is 1.83. The Hall–Kier alpha value is -1.86. The number of aliphatic hydroxyl groups is 1. The zero-order chi connectivity index (χ0) is 20.7. The van der Waals surface area contributed by atoms with Crippen LogP contribution in [-0.4, -0.2) is 41.0 Å². The van der Waals surface area contributed by atoms with Gasteiger partial charge in [0.25, 0.3) is 11.7 Å². The van der Waals surface area contributed by atoms with Crippen molar-refractivity contribution in [2.45, 2.75) is 31.9 Å². The number of hydrogen-bond donors (Lipinski definition) is 1. The van der Waals surface area contributed by atoms with Crippen LogP contribution < -0.4 is 0 Å². The number of benzene rings is 1. The van der Waals surface area contributed by atoms with Crippen LogP contribution in [-0.2, 0) is 14.3 Å². The fraction of sp³-hybridized carbons (Fsp3) is 0.333. The molecular weight excluding hydrogens is 433 g/mol. The topological polar surface area (TPSA) is 66.8 Å². The van der Waals surface area contributed by atoms with E-state index in [-0.39, 0.29) is 22.5 Å². The van der Waals surface area contributed by atoms with Crippen LogP contribution in [0, 0.1) is 6.92 Å². The molecule has 1 N–H and O–H groups in total. The second kappa shape index (κ2) is 8.11. The summed E-state index contributed by atoms with van der Waals surface area (Å²) in [6, 6.07) is 5.90. The van der Waals surface area contributed by atoms with Crippen molar-refractivity contribution in [2.75, 3.05) is 13.2 Å². The zero-order valence-corrected chi connectivity index (χ0v) is 18.0. The van der Waals surface area contributed by atoms with Crippen molar-refractivity contribution in [2.24, 2.45) is 0 Å².